The predicted molar refractivity (Wildman–Crippen MR) is 90.2 cm³/mol. The summed E-state index contributed by atoms with van der Waals surface area (Å²) in [5.74, 6) is -2.78. The molecule has 154 valence electrons. The number of carbonyl (C=O) groups is 3. The van der Waals surface area contributed by atoms with Crippen LogP contribution in [0.15, 0.2) is 18.2 Å². The van der Waals surface area contributed by atoms with Crippen molar-refractivity contribution in [2.75, 3.05) is 36.5 Å². The van der Waals surface area contributed by atoms with Crippen molar-refractivity contribution in [2.45, 2.75) is 18.9 Å². The molecule has 28 heavy (non-hydrogen) atoms. The second kappa shape index (κ2) is 9.46. The van der Waals surface area contributed by atoms with Gasteiger partial charge in [0.1, 0.15) is 6.61 Å². The molecule has 1 aliphatic heterocycles. The summed E-state index contributed by atoms with van der Waals surface area (Å²) in [6.07, 6.45) is -5.79. The maximum absolute atomic E-state index is 13.5. The number of anilines is 2. The van der Waals surface area contributed by atoms with Crippen molar-refractivity contribution in [3.8, 4) is 0 Å². The summed E-state index contributed by atoms with van der Waals surface area (Å²) in [7, 11) is 0. The minimum absolute atomic E-state index is 0.0384. The monoisotopic (exact) mass is 406 g/mol. The number of nitrogens with one attached hydrogen (secondary N) is 2. The second-order valence-corrected chi connectivity index (χ2v) is 5.80. The van der Waals surface area contributed by atoms with Gasteiger partial charge in [0, 0.05) is 17.8 Å². The van der Waals surface area contributed by atoms with Crippen molar-refractivity contribution in [2.24, 2.45) is 5.73 Å². The summed E-state index contributed by atoms with van der Waals surface area (Å²) < 4.78 is 56.4. The molecule has 1 atom stereocenters. The Bertz CT molecular complexity index is 747. The lowest BCUT2D eigenvalue weighted by atomic mass is 10.1. The van der Waals surface area contributed by atoms with Crippen LogP contribution in [0.1, 0.15) is 12.0 Å². The maximum atomic E-state index is 13.5. The highest BCUT2D eigenvalue weighted by Gasteiger charge is 2.28. The predicted octanol–water partition coefficient (Wildman–Crippen LogP) is 0.634. The van der Waals surface area contributed by atoms with Crippen LogP contribution >= 0.6 is 0 Å². The molecular formula is C16H18F4N4O4. The molecule has 8 nitrogen and oxygen atoms in total. The molecule has 1 aromatic carbocycles. The molecule has 1 saturated heterocycles. The number of alkyl halides is 4. The Labute approximate surface area is 157 Å². The molecule has 2 rings (SSSR count). The summed E-state index contributed by atoms with van der Waals surface area (Å²) >= 11 is 0. The molecule has 1 heterocycles. The topological polar surface area (TPSA) is 114 Å². The molecule has 0 aromatic heterocycles. The number of rotatable bonds is 8. The quantitative estimate of drug-likeness (QED) is 0.433. The highest BCUT2D eigenvalue weighted by atomic mass is 19.3. The van der Waals surface area contributed by atoms with Gasteiger partial charge in [-0.1, -0.05) is 0 Å². The van der Waals surface area contributed by atoms with Crippen LogP contribution in [0.25, 0.3) is 0 Å². The highest BCUT2D eigenvalue weighted by molar-refractivity contribution is 6.09. The smallest absolute Gasteiger partial charge is 0.265 e. The SMILES string of the molecule is NC(=O)[C@H](NCC(F)F)C(=O)Nc1ccc(N2CCOCC2=O)c(C(F)F)c1. The van der Waals surface area contributed by atoms with Crippen molar-refractivity contribution < 1.29 is 36.7 Å². The van der Waals surface area contributed by atoms with E-state index in [-0.39, 0.29) is 31.1 Å². The third-order valence-electron chi connectivity index (χ3n) is 3.83. The third kappa shape index (κ3) is 5.39. The van der Waals surface area contributed by atoms with E-state index in [1.54, 1.807) is 0 Å². The summed E-state index contributed by atoms with van der Waals surface area (Å²) in [4.78, 5) is 36.4. The van der Waals surface area contributed by atoms with Crippen molar-refractivity contribution in [1.29, 1.82) is 0 Å². The van der Waals surface area contributed by atoms with E-state index in [1.807, 2.05) is 5.32 Å². The second-order valence-electron chi connectivity index (χ2n) is 5.80. The van der Waals surface area contributed by atoms with Gasteiger partial charge in [-0.3, -0.25) is 19.7 Å². The van der Waals surface area contributed by atoms with E-state index in [2.05, 4.69) is 5.32 Å². The summed E-state index contributed by atoms with van der Waals surface area (Å²) in [5.41, 5.74) is 4.33. The van der Waals surface area contributed by atoms with E-state index in [0.29, 0.717) is 0 Å². The number of nitrogens with two attached hydrogens (primary N) is 1. The van der Waals surface area contributed by atoms with Crippen LogP contribution < -0.4 is 21.3 Å². The van der Waals surface area contributed by atoms with Gasteiger partial charge in [0.25, 0.3) is 24.7 Å². The first kappa shape index (κ1) is 21.6. The van der Waals surface area contributed by atoms with Gasteiger partial charge in [-0.05, 0) is 18.2 Å². The Morgan fingerprint density at radius 1 is 1.25 bits per heavy atom. The number of amides is 3. The number of nitrogens with zero attached hydrogens (tertiary/aromatic N) is 1. The first-order valence-electron chi connectivity index (χ1n) is 8.12. The van der Waals surface area contributed by atoms with Crippen molar-refractivity contribution >= 4 is 29.1 Å². The minimum atomic E-state index is -2.97. The number of primary amides is 1. The van der Waals surface area contributed by atoms with E-state index in [4.69, 9.17) is 10.5 Å². The molecule has 0 saturated carbocycles. The highest BCUT2D eigenvalue weighted by Crippen LogP contribution is 2.33. The standard InChI is InChI=1S/C16H18F4N4O4/c17-11(18)6-22-13(15(21)26)16(27)23-8-1-2-10(9(5-8)14(19)20)24-3-4-28-7-12(24)25/h1-2,5,11,13-14,22H,3-4,6-7H2,(H2,21,26)(H,23,27)/t13-/m0/s1. The van der Waals surface area contributed by atoms with Gasteiger partial charge >= 0.3 is 0 Å². The number of morpholine rings is 1. The lowest BCUT2D eigenvalue weighted by Crippen LogP contribution is -2.51. The summed E-state index contributed by atoms with van der Waals surface area (Å²) in [5, 5.41) is 4.17. The Hall–Kier alpha value is -2.73. The molecule has 4 N–H and O–H groups in total. The number of benzene rings is 1. The molecule has 1 fully saturated rings. The fourth-order valence-corrected chi connectivity index (χ4v) is 2.57. The first-order chi connectivity index (χ1) is 13.2. The zero-order valence-electron chi connectivity index (χ0n) is 14.5. The van der Waals surface area contributed by atoms with E-state index in [9.17, 15) is 31.9 Å². The number of carbonyl (C=O) groups excluding carboxylic acids is 3. The molecule has 0 aliphatic carbocycles. The number of hydrogen-bond donors (Lipinski definition) is 3. The molecular weight excluding hydrogens is 388 g/mol. The van der Waals surface area contributed by atoms with Crippen LogP contribution in [-0.4, -0.2) is 56.5 Å². The van der Waals surface area contributed by atoms with Gasteiger partial charge in [-0.2, -0.15) is 0 Å². The minimum Gasteiger partial charge on any atom is -0.370 e. The van der Waals surface area contributed by atoms with Gasteiger partial charge < -0.3 is 20.7 Å². The Morgan fingerprint density at radius 2 is 1.96 bits per heavy atom. The van der Waals surface area contributed by atoms with E-state index in [1.165, 1.54) is 12.1 Å². The molecule has 3 amide bonds. The van der Waals surface area contributed by atoms with Crippen LogP contribution in [0, 0.1) is 0 Å². The lowest BCUT2D eigenvalue weighted by Gasteiger charge is -2.29. The van der Waals surface area contributed by atoms with Crippen LogP contribution in [0.4, 0.5) is 28.9 Å². The van der Waals surface area contributed by atoms with Crippen LogP contribution in [-0.2, 0) is 19.1 Å². The molecule has 1 aromatic rings. The molecule has 12 heteroatoms. The Morgan fingerprint density at radius 3 is 2.54 bits per heavy atom. The molecule has 0 radical (unpaired) electrons. The van der Waals surface area contributed by atoms with Gasteiger partial charge in [0.15, 0.2) is 6.04 Å². The lowest BCUT2D eigenvalue weighted by molar-refractivity contribution is -0.128. The average molecular weight is 406 g/mol. The molecule has 0 bridgehead atoms. The van der Waals surface area contributed by atoms with Crippen LogP contribution in [0.3, 0.4) is 0 Å². The number of ether oxygens (including phenoxy) is 1. The fourth-order valence-electron chi connectivity index (χ4n) is 2.57. The number of halogens is 4. The van der Waals surface area contributed by atoms with E-state index < -0.39 is 48.7 Å². The van der Waals surface area contributed by atoms with Crippen molar-refractivity contribution in [1.82, 2.24) is 5.32 Å². The molecule has 0 unspecified atom stereocenters. The Balaban J connectivity index is 2.21. The zero-order valence-corrected chi connectivity index (χ0v) is 14.5. The summed E-state index contributed by atoms with van der Waals surface area (Å²) in [6.45, 7) is -0.923. The van der Waals surface area contributed by atoms with Crippen LogP contribution in [0.5, 0.6) is 0 Å². The normalized spacial score (nSPS) is 15.8. The van der Waals surface area contributed by atoms with Gasteiger partial charge in [0.2, 0.25) is 5.91 Å². The van der Waals surface area contributed by atoms with Crippen molar-refractivity contribution in [3.63, 3.8) is 0 Å². The first-order valence-corrected chi connectivity index (χ1v) is 8.12. The number of hydrogen-bond acceptors (Lipinski definition) is 5. The van der Waals surface area contributed by atoms with Gasteiger partial charge in [-0.25, -0.2) is 17.6 Å². The maximum Gasteiger partial charge on any atom is 0.265 e. The molecule has 1 aliphatic rings. The van der Waals surface area contributed by atoms with Gasteiger partial charge in [0.05, 0.1) is 18.8 Å². The molecule has 0 spiro atoms. The van der Waals surface area contributed by atoms with Crippen LogP contribution in [0.2, 0.25) is 0 Å². The van der Waals surface area contributed by atoms with E-state index in [0.717, 1.165) is 11.0 Å². The summed E-state index contributed by atoms with van der Waals surface area (Å²) in [6, 6.07) is 1.62. The largest absolute Gasteiger partial charge is 0.370 e. The Kier molecular flexibility index (Phi) is 7.29. The third-order valence-corrected chi connectivity index (χ3v) is 3.83. The average Bonchev–Trinajstić information content (AvgIpc) is 2.61. The van der Waals surface area contributed by atoms with Gasteiger partial charge in [-0.15, -0.1) is 0 Å². The zero-order chi connectivity index (χ0) is 20.8. The fraction of sp³-hybridized carbons (Fsp3) is 0.438. The van der Waals surface area contributed by atoms with Crippen molar-refractivity contribution in [3.05, 3.63) is 23.8 Å². The van der Waals surface area contributed by atoms with E-state index >= 15 is 0 Å².